The van der Waals surface area contributed by atoms with Gasteiger partial charge in [-0.25, -0.2) is 4.79 Å². The molecule has 6 nitrogen and oxygen atoms in total. The summed E-state index contributed by atoms with van der Waals surface area (Å²) in [6, 6.07) is -0.0807. The van der Waals surface area contributed by atoms with Crippen molar-refractivity contribution in [3.05, 3.63) is 0 Å². The number of hydrogen-bond acceptors (Lipinski definition) is 3. The molecule has 106 valence electrons. The number of oxime groups is 1. The number of carbonyl (C=O) groups excluding carboxylic acids is 1. The van der Waals surface area contributed by atoms with Gasteiger partial charge in [-0.15, -0.1) is 0 Å². The average molecular weight is 258 g/mol. The lowest BCUT2D eigenvalue weighted by Gasteiger charge is -2.24. The summed E-state index contributed by atoms with van der Waals surface area (Å²) < 4.78 is 0. The maximum Gasteiger partial charge on any atom is 0.317 e. The summed E-state index contributed by atoms with van der Waals surface area (Å²) in [4.78, 5) is 13.6. The molecule has 0 rings (SSSR count). The Morgan fingerprint density at radius 1 is 1.50 bits per heavy atom. The van der Waals surface area contributed by atoms with Crippen molar-refractivity contribution >= 4 is 11.9 Å². The Kier molecular flexibility index (Phi) is 8.78. The first-order chi connectivity index (χ1) is 8.51. The highest BCUT2D eigenvalue weighted by atomic mass is 16.4. The van der Waals surface area contributed by atoms with Gasteiger partial charge >= 0.3 is 6.03 Å². The standard InChI is InChI=1S/C12H26N4O2/c1-4-5-7-14-12(17)16(9-10(2)3)8-6-11(13)15-18/h10,18H,4-9H2,1-3H3,(H2,13,15)(H,14,17). The van der Waals surface area contributed by atoms with Crippen LogP contribution in [0.2, 0.25) is 0 Å². The molecule has 0 aliphatic heterocycles. The highest BCUT2D eigenvalue weighted by Gasteiger charge is 2.14. The molecule has 6 heteroatoms. The molecule has 0 spiro atoms. The molecule has 0 unspecified atom stereocenters. The number of rotatable bonds is 8. The number of nitrogens with zero attached hydrogens (tertiary/aromatic N) is 2. The summed E-state index contributed by atoms with van der Waals surface area (Å²) in [7, 11) is 0. The van der Waals surface area contributed by atoms with E-state index in [1.807, 2.05) is 0 Å². The van der Waals surface area contributed by atoms with Gasteiger partial charge in [0.1, 0.15) is 5.84 Å². The summed E-state index contributed by atoms with van der Waals surface area (Å²) in [5.41, 5.74) is 5.42. The number of amidine groups is 1. The Morgan fingerprint density at radius 2 is 2.17 bits per heavy atom. The third kappa shape index (κ3) is 7.76. The van der Waals surface area contributed by atoms with E-state index in [0.29, 0.717) is 32.0 Å². The van der Waals surface area contributed by atoms with Crippen LogP contribution in [0, 0.1) is 5.92 Å². The van der Waals surface area contributed by atoms with Gasteiger partial charge in [0.15, 0.2) is 0 Å². The zero-order valence-corrected chi connectivity index (χ0v) is 11.6. The summed E-state index contributed by atoms with van der Waals surface area (Å²) >= 11 is 0. The molecule has 0 aliphatic rings. The summed E-state index contributed by atoms with van der Waals surface area (Å²) in [5, 5.41) is 14.3. The molecule has 0 fully saturated rings. The van der Waals surface area contributed by atoms with Crippen molar-refractivity contribution in [2.75, 3.05) is 19.6 Å². The normalized spacial score (nSPS) is 11.7. The van der Waals surface area contributed by atoms with Gasteiger partial charge in [-0.1, -0.05) is 32.3 Å². The smallest absolute Gasteiger partial charge is 0.317 e. The highest BCUT2D eigenvalue weighted by Crippen LogP contribution is 2.01. The molecule has 0 saturated heterocycles. The zero-order chi connectivity index (χ0) is 14.0. The molecule has 0 saturated carbocycles. The van der Waals surface area contributed by atoms with Crippen molar-refractivity contribution < 1.29 is 10.0 Å². The Bertz CT molecular complexity index is 267. The van der Waals surface area contributed by atoms with E-state index in [1.165, 1.54) is 0 Å². The van der Waals surface area contributed by atoms with Gasteiger partial charge in [0, 0.05) is 26.1 Å². The van der Waals surface area contributed by atoms with Crippen LogP contribution in [-0.4, -0.2) is 41.6 Å². The second-order valence-corrected chi connectivity index (χ2v) is 4.77. The first-order valence-corrected chi connectivity index (χ1v) is 6.50. The van der Waals surface area contributed by atoms with Gasteiger partial charge in [0.05, 0.1) is 0 Å². The van der Waals surface area contributed by atoms with Gasteiger partial charge in [-0.3, -0.25) is 0 Å². The number of nitrogens with one attached hydrogen (secondary N) is 1. The van der Waals surface area contributed by atoms with E-state index in [0.717, 1.165) is 12.8 Å². The van der Waals surface area contributed by atoms with Gasteiger partial charge in [-0.2, -0.15) is 0 Å². The number of amides is 2. The topological polar surface area (TPSA) is 91.0 Å². The summed E-state index contributed by atoms with van der Waals surface area (Å²) in [6.07, 6.45) is 2.40. The molecular weight excluding hydrogens is 232 g/mol. The van der Waals surface area contributed by atoms with Crippen LogP contribution in [-0.2, 0) is 0 Å². The molecule has 0 aromatic rings. The lowest BCUT2D eigenvalue weighted by Crippen LogP contribution is -2.43. The highest BCUT2D eigenvalue weighted by molar-refractivity contribution is 5.80. The fourth-order valence-corrected chi connectivity index (χ4v) is 1.50. The van der Waals surface area contributed by atoms with Crippen molar-refractivity contribution in [2.24, 2.45) is 16.8 Å². The van der Waals surface area contributed by atoms with E-state index in [2.05, 4.69) is 31.2 Å². The van der Waals surface area contributed by atoms with Crippen molar-refractivity contribution in [1.29, 1.82) is 0 Å². The average Bonchev–Trinajstić information content (AvgIpc) is 2.33. The Labute approximate surface area is 109 Å². The third-order valence-electron chi connectivity index (χ3n) is 2.45. The molecule has 0 atom stereocenters. The van der Waals surface area contributed by atoms with Crippen LogP contribution in [0.3, 0.4) is 0 Å². The van der Waals surface area contributed by atoms with Crippen LogP contribution in [0.1, 0.15) is 40.0 Å². The minimum absolute atomic E-state index is 0.0807. The first kappa shape index (κ1) is 16.5. The molecule has 0 aromatic carbocycles. The van der Waals surface area contributed by atoms with E-state index < -0.39 is 0 Å². The monoisotopic (exact) mass is 258 g/mol. The molecule has 0 heterocycles. The molecule has 4 N–H and O–H groups in total. The fourth-order valence-electron chi connectivity index (χ4n) is 1.50. The van der Waals surface area contributed by atoms with Gasteiger partial charge < -0.3 is 21.2 Å². The van der Waals surface area contributed by atoms with Crippen LogP contribution >= 0.6 is 0 Å². The Balaban J connectivity index is 4.24. The Hall–Kier alpha value is -1.46. The van der Waals surface area contributed by atoms with Crippen LogP contribution in [0.25, 0.3) is 0 Å². The minimum Gasteiger partial charge on any atom is -0.409 e. The van der Waals surface area contributed by atoms with Crippen LogP contribution in [0.4, 0.5) is 4.79 Å². The number of hydrogen-bond donors (Lipinski definition) is 3. The zero-order valence-electron chi connectivity index (χ0n) is 11.6. The van der Waals surface area contributed by atoms with E-state index in [1.54, 1.807) is 4.90 Å². The lowest BCUT2D eigenvalue weighted by molar-refractivity contribution is 0.192. The van der Waals surface area contributed by atoms with Gasteiger partial charge in [-0.05, 0) is 12.3 Å². The predicted molar refractivity (Wildman–Crippen MR) is 72.7 cm³/mol. The first-order valence-electron chi connectivity index (χ1n) is 6.50. The van der Waals surface area contributed by atoms with Crippen molar-refractivity contribution in [1.82, 2.24) is 10.2 Å². The quantitative estimate of drug-likeness (QED) is 0.203. The molecular formula is C12H26N4O2. The summed E-state index contributed by atoms with van der Waals surface area (Å²) in [5.74, 6) is 0.527. The van der Waals surface area contributed by atoms with Crippen LogP contribution in [0.15, 0.2) is 5.16 Å². The fraction of sp³-hybridized carbons (Fsp3) is 0.833. The molecule has 2 amide bonds. The molecule has 18 heavy (non-hydrogen) atoms. The third-order valence-corrected chi connectivity index (χ3v) is 2.45. The number of urea groups is 1. The van der Waals surface area contributed by atoms with Crippen molar-refractivity contribution in [2.45, 2.75) is 40.0 Å². The molecule has 0 aromatic heterocycles. The minimum atomic E-state index is -0.0807. The molecule has 0 bridgehead atoms. The maximum atomic E-state index is 11.9. The number of unbranched alkanes of at least 4 members (excludes halogenated alkanes) is 1. The van der Waals surface area contributed by atoms with E-state index in [9.17, 15) is 4.79 Å². The Morgan fingerprint density at radius 3 is 2.67 bits per heavy atom. The molecule has 0 aliphatic carbocycles. The largest absolute Gasteiger partial charge is 0.409 e. The second kappa shape index (κ2) is 9.56. The van der Waals surface area contributed by atoms with E-state index in [4.69, 9.17) is 10.9 Å². The van der Waals surface area contributed by atoms with E-state index in [-0.39, 0.29) is 11.9 Å². The number of carbonyl (C=O) groups is 1. The number of nitrogens with two attached hydrogens (primary N) is 1. The SMILES string of the molecule is CCCCNC(=O)N(CCC(N)=NO)CC(C)C. The van der Waals surface area contributed by atoms with E-state index >= 15 is 0 Å². The predicted octanol–water partition coefficient (Wildman–Crippen LogP) is 1.59. The summed E-state index contributed by atoms with van der Waals surface area (Å²) in [6.45, 7) is 8.00. The molecule has 0 radical (unpaired) electrons. The van der Waals surface area contributed by atoms with Crippen LogP contribution in [0.5, 0.6) is 0 Å². The van der Waals surface area contributed by atoms with Crippen molar-refractivity contribution in [3.8, 4) is 0 Å². The second-order valence-electron chi connectivity index (χ2n) is 4.77. The van der Waals surface area contributed by atoms with Gasteiger partial charge in [0.2, 0.25) is 0 Å². The van der Waals surface area contributed by atoms with Crippen molar-refractivity contribution in [3.63, 3.8) is 0 Å². The lowest BCUT2D eigenvalue weighted by atomic mass is 10.2. The maximum absolute atomic E-state index is 11.9. The van der Waals surface area contributed by atoms with Crippen LogP contribution < -0.4 is 11.1 Å². The van der Waals surface area contributed by atoms with Gasteiger partial charge in [0.25, 0.3) is 0 Å².